The molecule has 9 heteroatoms. The zero-order chi connectivity index (χ0) is 25.8. The van der Waals surface area contributed by atoms with Crippen molar-refractivity contribution in [3.05, 3.63) is 72.1 Å². The Hall–Kier alpha value is -4.53. The van der Waals surface area contributed by atoms with E-state index in [1.807, 2.05) is 26.0 Å². The Kier molecular flexibility index (Phi) is 7.10. The van der Waals surface area contributed by atoms with Gasteiger partial charge in [-0.25, -0.2) is 9.78 Å². The minimum atomic E-state index is -1.08. The van der Waals surface area contributed by atoms with Crippen LogP contribution in [0.3, 0.4) is 0 Å². The Labute approximate surface area is 208 Å². The van der Waals surface area contributed by atoms with Gasteiger partial charge >= 0.3 is 11.9 Å². The van der Waals surface area contributed by atoms with Gasteiger partial charge < -0.3 is 29.6 Å². The predicted octanol–water partition coefficient (Wildman–Crippen LogP) is 4.99. The first-order valence-electron chi connectivity index (χ1n) is 11.5. The monoisotopic (exact) mass is 489 g/mol. The topological polar surface area (TPSA) is 126 Å². The van der Waals surface area contributed by atoms with E-state index in [1.54, 1.807) is 54.0 Å². The molecule has 0 saturated carbocycles. The third kappa shape index (κ3) is 5.25. The number of nitrogens with zero attached hydrogens (tertiary/aromatic N) is 2. The van der Waals surface area contributed by atoms with Crippen molar-refractivity contribution >= 4 is 28.5 Å². The molecule has 0 amide bonds. The number of rotatable bonds is 9. The molecule has 3 N–H and O–H groups in total. The maximum absolute atomic E-state index is 13.1. The van der Waals surface area contributed by atoms with E-state index in [0.717, 1.165) is 0 Å². The summed E-state index contributed by atoms with van der Waals surface area (Å²) >= 11 is 0. The zero-order valence-corrected chi connectivity index (χ0v) is 20.2. The average Bonchev–Trinajstić information content (AvgIpc) is 3.13. The Balaban J connectivity index is 1.89. The van der Waals surface area contributed by atoms with E-state index in [2.05, 4.69) is 4.98 Å². The molecule has 186 valence electrons. The van der Waals surface area contributed by atoms with Gasteiger partial charge in [-0.05, 0) is 69.3 Å². The molecule has 4 aromatic rings. The van der Waals surface area contributed by atoms with Crippen molar-refractivity contribution in [2.45, 2.75) is 33.3 Å². The van der Waals surface area contributed by atoms with Crippen LogP contribution in [-0.2, 0) is 16.0 Å². The van der Waals surface area contributed by atoms with E-state index in [4.69, 9.17) is 19.9 Å². The second kappa shape index (κ2) is 10.4. The summed E-state index contributed by atoms with van der Waals surface area (Å²) in [5, 5.41) is 10.2. The second-order valence-electron chi connectivity index (χ2n) is 8.32. The minimum absolute atomic E-state index is 0.00946. The van der Waals surface area contributed by atoms with Crippen LogP contribution in [0, 0.1) is 0 Å². The van der Waals surface area contributed by atoms with Crippen molar-refractivity contribution in [2.24, 2.45) is 0 Å². The lowest BCUT2D eigenvalue weighted by atomic mass is 10.1. The van der Waals surface area contributed by atoms with Crippen LogP contribution in [-0.4, -0.2) is 39.3 Å². The summed E-state index contributed by atoms with van der Waals surface area (Å²) in [5.74, 6) is -0.258. The Morgan fingerprint density at radius 2 is 1.78 bits per heavy atom. The standard InChI is InChI=1S/C27H27N3O6/c1-4-34-27(33)26-21-13-20(36-24-12-5-17(28)15-29-24)10-11-22(21)30(23(26)14-25(31)32)18-6-8-19(9-7-18)35-16(2)3/h5-13,15-16H,4,14,28H2,1-3H3,(H,31,32). The number of carbonyl (C=O) groups is 2. The lowest BCUT2D eigenvalue weighted by Crippen LogP contribution is -2.13. The molecular weight excluding hydrogens is 462 g/mol. The van der Waals surface area contributed by atoms with E-state index < -0.39 is 11.9 Å². The lowest BCUT2D eigenvalue weighted by molar-refractivity contribution is -0.136. The van der Waals surface area contributed by atoms with Crippen LogP contribution in [0.2, 0.25) is 0 Å². The molecule has 0 aliphatic carbocycles. The molecule has 0 spiro atoms. The summed E-state index contributed by atoms with van der Waals surface area (Å²) in [6.45, 7) is 5.71. The van der Waals surface area contributed by atoms with Gasteiger partial charge in [0.25, 0.3) is 0 Å². The molecule has 2 heterocycles. The number of carboxylic acid groups (broad SMARTS) is 1. The van der Waals surface area contributed by atoms with Crippen molar-refractivity contribution in [1.82, 2.24) is 9.55 Å². The van der Waals surface area contributed by atoms with E-state index >= 15 is 0 Å². The number of ether oxygens (including phenoxy) is 3. The van der Waals surface area contributed by atoms with Crippen molar-refractivity contribution in [3.63, 3.8) is 0 Å². The molecular formula is C27H27N3O6. The number of nitrogen functional groups attached to an aromatic ring is 1. The number of aromatic nitrogens is 2. The smallest absolute Gasteiger partial charge is 0.340 e. The Bertz CT molecular complexity index is 1390. The summed E-state index contributed by atoms with van der Waals surface area (Å²) in [6, 6.07) is 15.7. The van der Waals surface area contributed by atoms with Crippen molar-refractivity contribution in [1.29, 1.82) is 0 Å². The molecule has 36 heavy (non-hydrogen) atoms. The first-order chi connectivity index (χ1) is 17.3. The van der Waals surface area contributed by atoms with Gasteiger partial charge in [-0.1, -0.05) is 0 Å². The number of anilines is 1. The number of carboxylic acids is 1. The van der Waals surface area contributed by atoms with Crippen LogP contribution in [0.15, 0.2) is 60.8 Å². The molecule has 9 nitrogen and oxygen atoms in total. The Morgan fingerprint density at radius 3 is 2.39 bits per heavy atom. The number of aliphatic carboxylic acids is 1. The van der Waals surface area contributed by atoms with Crippen LogP contribution < -0.4 is 15.2 Å². The highest BCUT2D eigenvalue weighted by atomic mass is 16.5. The maximum Gasteiger partial charge on any atom is 0.340 e. The molecule has 0 unspecified atom stereocenters. The molecule has 0 bridgehead atoms. The minimum Gasteiger partial charge on any atom is -0.491 e. The number of carbonyl (C=O) groups excluding carboxylic acids is 1. The van der Waals surface area contributed by atoms with E-state index in [-0.39, 0.29) is 24.7 Å². The van der Waals surface area contributed by atoms with Crippen LogP contribution in [0.1, 0.15) is 36.8 Å². The zero-order valence-electron chi connectivity index (χ0n) is 20.2. The quantitative estimate of drug-likeness (QED) is 0.315. The summed E-state index contributed by atoms with van der Waals surface area (Å²) in [7, 11) is 0. The molecule has 2 aromatic heterocycles. The third-order valence-corrected chi connectivity index (χ3v) is 5.28. The first kappa shape index (κ1) is 24.6. The van der Waals surface area contributed by atoms with E-state index in [9.17, 15) is 14.7 Å². The fourth-order valence-corrected chi connectivity index (χ4v) is 3.94. The normalized spacial score (nSPS) is 11.0. The van der Waals surface area contributed by atoms with Gasteiger partial charge in [-0.3, -0.25) is 4.79 Å². The van der Waals surface area contributed by atoms with Crippen LogP contribution in [0.5, 0.6) is 17.4 Å². The van der Waals surface area contributed by atoms with E-state index in [1.165, 1.54) is 6.20 Å². The highest BCUT2D eigenvalue weighted by molar-refractivity contribution is 6.07. The maximum atomic E-state index is 13.1. The SMILES string of the molecule is CCOC(=O)c1c(CC(=O)O)n(-c2ccc(OC(C)C)cc2)c2ccc(Oc3ccc(N)cn3)cc12. The van der Waals surface area contributed by atoms with E-state index in [0.29, 0.717) is 45.4 Å². The highest BCUT2D eigenvalue weighted by Crippen LogP contribution is 2.35. The second-order valence-corrected chi connectivity index (χ2v) is 8.32. The number of hydrogen-bond acceptors (Lipinski definition) is 7. The highest BCUT2D eigenvalue weighted by Gasteiger charge is 2.26. The molecule has 0 atom stereocenters. The number of nitrogens with two attached hydrogens (primary N) is 1. The first-order valence-corrected chi connectivity index (χ1v) is 11.5. The molecule has 0 aliphatic heterocycles. The molecule has 0 saturated heterocycles. The summed E-state index contributed by atoms with van der Waals surface area (Å²) < 4.78 is 18.7. The Morgan fingerprint density at radius 1 is 1.06 bits per heavy atom. The summed E-state index contributed by atoms with van der Waals surface area (Å²) in [5.41, 5.74) is 7.98. The van der Waals surface area contributed by atoms with Crippen LogP contribution in [0.25, 0.3) is 16.6 Å². The number of fused-ring (bicyclic) bond motifs is 1. The lowest BCUT2D eigenvalue weighted by Gasteiger charge is -2.13. The largest absolute Gasteiger partial charge is 0.491 e. The fourth-order valence-electron chi connectivity index (χ4n) is 3.94. The number of esters is 1. The van der Waals surface area contributed by atoms with Crippen LogP contribution >= 0.6 is 0 Å². The van der Waals surface area contributed by atoms with Gasteiger partial charge in [0.15, 0.2) is 0 Å². The molecule has 0 radical (unpaired) electrons. The number of pyridine rings is 1. The number of hydrogen-bond donors (Lipinski definition) is 2. The van der Waals surface area contributed by atoms with Gasteiger partial charge in [0.2, 0.25) is 5.88 Å². The molecule has 4 rings (SSSR count). The van der Waals surface area contributed by atoms with Gasteiger partial charge in [0.05, 0.1) is 42.1 Å². The molecule has 2 aromatic carbocycles. The fraction of sp³-hybridized carbons (Fsp3) is 0.222. The molecule has 0 aliphatic rings. The van der Waals surface area contributed by atoms with Crippen molar-refractivity contribution < 1.29 is 28.9 Å². The van der Waals surface area contributed by atoms with Crippen molar-refractivity contribution in [2.75, 3.05) is 12.3 Å². The summed E-state index contributed by atoms with van der Waals surface area (Å²) in [6.07, 6.45) is 1.10. The van der Waals surface area contributed by atoms with Crippen molar-refractivity contribution in [3.8, 4) is 23.1 Å². The van der Waals surface area contributed by atoms with Gasteiger partial charge in [0.1, 0.15) is 11.5 Å². The predicted molar refractivity (Wildman–Crippen MR) is 135 cm³/mol. The average molecular weight is 490 g/mol. The number of benzene rings is 2. The van der Waals surface area contributed by atoms with Crippen LogP contribution in [0.4, 0.5) is 5.69 Å². The third-order valence-electron chi connectivity index (χ3n) is 5.28. The summed E-state index contributed by atoms with van der Waals surface area (Å²) in [4.78, 5) is 29.1. The molecule has 0 fully saturated rings. The van der Waals surface area contributed by atoms with Gasteiger partial charge in [-0.15, -0.1) is 0 Å². The van der Waals surface area contributed by atoms with Gasteiger partial charge in [0, 0.05) is 22.8 Å². The van der Waals surface area contributed by atoms with Gasteiger partial charge in [-0.2, -0.15) is 0 Å².